The maximum absolute atomic E-state index is 13.7. The van der Waals surface area contributed by atoms with Crippen molar-refractivity contribution in [3.63, 3.8) is 0 Å². The summed E-state index contributed by atoms with van der Waals surface area (Å²) < 4.78 is 13.7. The fourth-order valence-electron chi connectivity index (χ4n) is 2.25. The van der Waals surface area contributed by atoms with Crippen LogP contribution >= 0.6 is 0 Å². The van der Waals surface area contributed by atoms with Crippen molar-refractivity contribution in [2.24, 2.45) is 10.8 Å². The largest absolute Gasteiger partial charge is 0.364 e. The number of halogens is 1. The Kier molecular flexibility index (Phi) is 2.23. The second-order valence-electron chi connectivity index (χ2n) is 5.64. The van der Waals surface area contributed by atoms with Gasteiger partial charge in [-0.05, 0) is 17.8 Å². The minimum atomic E-state index is -0.346. The first-order valence-electron chi connectivity index (χ1n) is 5.52. The molecule has 1 aromatic heterocycles. The quantitative estimate of drug-likeness (QED) is 0.837. The number of hydrogen-bond acceptors (Lipinski definition) is 3. The summed E-state index contributed by atoms with van der Waals surface area (Å²) in [4.78, 5) is 7.77. The highest BCUT2D eigenvalue weighted by Crippen LogP contribution is 2.63. The SMILES string of the molecule is Cc1ncnc(NC2C(C)(C)C2(C)C)c1F. The van der Waals surface area contributed by atoms with Gasteiger partial charge in [0.05, 0.1) is 5.69 Å². The molecular formula is C12H18FN3. The zero-order valence-electron chi connectivity index (χ0n) is 10.4. The summed E-state index contributed by atoms with van der Waals surface area (Å²) in [6.07, 6.45) is 1.39. The van der Waals surface area contributed by atoms with Crippen LogP contribution in [-0.2, 0) is 0 Å². The van der Waals surface area contributed by atoms with Crippen LogP contribution in [0.5, 0.6) is 0 Å². The lowest BCUT2D eigenvalue weighted by Gasteiger charge is -2.08. The number of aryl methyl sites for hydroxylation is 1. The van der Waals surface area contributed by atoms with E-state index in [1.54, 1.807) is 6.92 Å². The maximum Gasteiger partial charge on any atom is 0.186 e. The van der Waals surface area contributed by atoms with Crippen LogP contribution in [0, 0.1) is 23.6 Å². The molecule has 1 aromatic rings. The molecule has 0 atom stereocenters. The lowest BCUT2D eigenvalue weighted by Crippen LogP contribution is -2.13. The highest BCUT2D eigenvalue weighted by molar-refractivity contribution is 5.43. The fraction of sp³-hybridized carbons (Fsp3) is 0.667. The predicted molar refractivity (Wildman–Crippen MR) is 61.7 cm³/mol. The molecule has 0 aliphatic heterocycles. The van der Waals surface area contributed by atoms with Crippen molar-refractivity contribution >= 4 is 5.82 Å². The molecule has 1 N–H and O–H groups in total. The Morgan fingerprint density at radius 3 is 2.25 bits per heavy atom. The summed E-state index contributed by atoms with van der Waals surface area (Å²) in [5, 5.41) is 3.18. The monoisotopic (exact) mass is 223 g/mol. The number of nitrogens with one attached hydrogen (secondary N) is 1. The molecule has 0 amide bonds. The van der Waals surface area contributed by atoms with Gasteiger partial charge in [0, 0.05) is 6.04 Å². The molecule has 4 heteroatoms. The molecule has 1 heterocycles. The van der Waals surface area contributed by atoms with Gasteiger partial charge in [0.2, 0.25) is 0 Å². The number of rotatable bonds is 2. The molecule has 1 fully saturated rings. The predicted octanol–water partition coefficient (Wildman–Crippen LogP) is 2.77. The van der Waals surface area contributed by atoms with Gasteiger partial charge in [0.25, 0.3) is 0 Å². The Labute approximate surface area is 95.5 Å². The van der Waals surface area contributed by atoms with Gasteiger partial charge in [0.15, 0.2) is 11.6 Å². The van der Waals surface area contributed by atoms with Gasteiger partial charge < -0.3 is 5.32 Å². The van der Waals surface area contributed by atoms with Crippen LogP contribution in [0.1, 0.15) is 33.4 Å². The molecule has 16 heavy (non-hydrogen) atoms. The molecule has 0 saturated heterocycles. The van der Waals surface area contributed by atoms with Gasteiger partial charge >= 0.3 is 0 Å². The zero-order valence-corrected chi connectivity index (χ0v) is 10.4. The lowest BCUT2D eigenvalue weighted by atomic mass is 10.0. The van der Waals surface area contributed by atoms with Gasteiger partial charge in [-0.3, -0.25) is 0 Å². The van der Waals surface area contributed by atoms with E-state index in [9.17, 15) is 4.39 Å². The smallest absolute Gasteiger partial charge is 0.186 e. The summed E-state index contributed by atoms with van der Waals surface area (Å²) in [5.74, 6) is -0.0304. The average molecular weight is 223 g/mol. The first-order chi connectivity index (χ1) is 7.28. The minimum absolute atomic E-state index is 0.165. The Morgan fingerprint density at radius 1 is 1.19 bits per heavy atom. The van der Waals surface area contributed by atoms with E-state index in [-0.39, 0.29) is 22.7 Å². The third-order valence-corrected chi connectivity index (χ3v) is 4.27. The van der Waals surface area contributed by atoms with Crippen LogP contribution in [-0.4, -0.2) is 16.0 Å². The van der Waals surface area contributed by atoms with E-state index in [1.807, 2.05) is 0 Å². The van der Waals surface area contributed by atoms with Crippen molar-refractivity contribution in [1.82, 2.24) is 9.97 Å². The van der Waals surface area contributed by atoms with Crippen LogP contribution in [0.2, 0.25) is 0 Å². The van der Waals surface area contributed by atoms with Crippen molar-refractivity contribution in [3.8, 4) is 0 Å². The molecule has 88 valence electrons. The summed E-state index contributed by atoms with van der Waals surface area (Å²) in [7, 11) is 0. The van der Waals surface area contributed by atoms with Gasteiger partial charge in [0.1, 0.15) is 6.33 Å². The van der Waals surface area contributed by atoms with Crippen LogP contribution in [0.4, 0.5) is 10.2 Å². The molecule has 0 unspecified atom stereocenters. The van der Waals surface area contributed by atoms with Crippen molar-refractivity contribution in [2.75, 3.05) is 5.32 Å². The van der Waals surface area contributed by atoms with E-state index >= 15 is 0 Å². The lowest BCUT2D eigenvalue weighted by molar-refractivity contribution is 0.457. The number of nitrogens with zero attached hydrogens (tertiary/aromatic N) is 2. The number of hydrogen-bond donors (Lipinski definition) is 1. The third-order valence-electron chi connectivity index (χ3n) is 4.27. The highest BCUT2D eigenvalue weighted by atomic mass is 19.1. The standard InChI is InChI=1S/C12H18FN3/c1-7-8(13)9(15-6-14-7)16-10-11(2,3)12(10,4)5/h6,10H,1-5H3,(H,14,15,16). The molecule has 3 nitrogen and oxygen atoms in total. The average Bonchev–Trinajstić information content (AvgIpc) is 2.55. The molecule has 0 radical (unpaired) electrons. The Morgan fingerprint density at radius 2 is 1.75 bits per heavy atom. The molecule has 2 rings (SSSR count). The molecule has 1 aliphatic rings. The molecule has 0 bridgehead atoms. The second-order valence-corrected chi connectivity index (χ2v) is 5.64. The van der Waals surface area contributed by atoms with E-state index in [1.165, 1.54) is 6.33 Å². The van der Waals surface area contributed by atoms with E-state index in [4.69, 9.17) is 0 Å². The Hall–Kier alpha value is -1.19. The maximum atomic E-state index is 13.7. The summed E-state index contributed by atoms with van der Waals surface area (Å²) in [6, 6.07) is 0.254. The Bertz CT molecular complexity index is 412. The summed E-state index contributed by atoms with van der Waals surface area (Å²) in [6.45, 7) is 10.4. The summed E-state index contributed by atoms with van der Waals surface area (Å²) >= 11 is 0. The van der Waals surface area contributed by atoms with E-state index in [2.05, 4.69) is 43.0 Å². The van der Waals surface area contributed by atoms with Gasteiger partial charge in [-0.15, -0.1) is 0 Å². The second kappa shape index (κ2) is 3.15. The van der Waals surface area contributed by atoms with Gasteiger partial charge in [-0.1, -0.05) is 27.7 Å². The van der Waals surface area contributed by atoms with Gasteiger partial charge in [-0.2, -0.15) is 0 Å². The third kappa shape index (κ3) is 1.39. The van der Waals surface area contributed by atoms with Crippen molar-refractivity contribution < 1.29 is 4.39 Å². The highest BCUT2D eigenvalue weighted by Gasteiger charge is 2.65. The van der Waals surface area contributed by atoms with Crippen LogP contribution in [0.3, 0.4) is 0 Å². The first kappa shape index (κ1) is 11.3. The van der Waals surface area contributed by atoms with Gasteiger partial charge in [-0.25, -0.2) is 14.4 Å². The van der Waals surface area contributed by atoms with Crippen molar-refractivity contribution in [1.29, 1.82) is 0 Å². The molecule has 1 saturated carbocycles. The number of anilines is 1. The van der Waals surface area contributed by atoms with Crippen molar-refractivity contribution in [3.05, 3.63) is 17.8 Å². The summed E-state index contributed by atoms with van der Waals surface area (Å²) in [5.41, 5.74) is 0.713. The molecular weight excluding hydrogens is 205 g/mol. The normalized spacial score (nSPS) is 21.9. The van der Waals surface area contributed by atoms with Crippen LogP contribution in [0.15, 0.2) is 6.33 Å². The van der Waals surface area contributed by atoms with E-state index in [0.29, 0.717) is 11.5 Å². The van der Waals surface area contributed by atoms with Crippen LogP contribution in [0.25, 0.3) is 0 Å². The van der Waals surface area contributed by atoms with E-state index < -0.39 is 0 Å². The van der Waals surface area contributed by atoms with Crippen molar-refractivity contribution in [2.45, 2.75) is 40.7 Å². The minimum Gasteiger partial charge on any atom is -0.364 e. The van der Waals surface area contributed by atoms with Crippen LogP contribution < -0.4 is 5.32 Å². The number of aromatic nitrogens is 2. The topological polar surface area (TPSA) is 37.8 Å². The molecule has 0 spiro atoms. The fourth-order valence-corrected chi connectivity index (χ4v) is 2.25. The molecule has 0 aromatic carbocycles. The zero-order chi connectivity index (χ0) is 12.1. The molecule has 1 aliphatic carbocycles. The van der Waals surface area contributed by atoms with E-state index in [0.717, 1.165) is 0 Å². The first-order valence-corrected chi connectivity index (χ1v) is 5.52. The Balaban J connectivity index is 2.21.